The number of benzene rings is 2. The number of carbonyl (C=O) groups excluding carboxylic acids is 3. The molecule has 184 valence electrons. The smallest absolute Gasteiger partial charge is 0.256 e. The van der Waals surface area contributed by atoms with Crippen LogP contribution in [0, 0.1) is 0 Å². The molecule has 0 radical (unpaired) electrons. The number of ketones is 1. The van der Waals surface area contributed by atoms with Gasteiger partial charge in [-0.25, -0.2) is 4.98 Å². The lowest BCUT2D eigenvalue weighted by atomic mass is 9.99. The van der Waals surface area contributed by atoms with Gasteiger partial charge in [0.05, 0.1) is 6.04 Å². The van der Waals surface area contributed by atoms with Crippen molar-refractivity contribution in [2.24, 2.45) is 0 Å². The van der Waals surface area contributed by atoms with Gasteiger partial charge in [0.2, 0.25) is 0 Å². The van der Waals surface area contributed by atoms with Crippen LogP contribution in [0.3, 0.4) is 0 Å². The number of amides is 2. The summed E-state index contributed by atoms with van der Waals surface area (Å²) in [6, 6.07) is 22.1. The fourth-order valence-electron chi connectivity index (χ4n) is 4.40. The van der Waals surface area contributed by atoms with E-state index in [1.165, 1.54) is 0 Å². The molecule has 1 aliphatic heterocycles. The first-order valence-corrected chi connectivity index (χ1v) is 12.2. The van der Waals surface area contributed by atoms with Gasteiger partial charge in [0.25, 0.3) is 11.8 Å². The maximum absolute atomic E-state index is 13.7. The maximum atomic E-state index is 13.7. The maximum Gasteiger partial charge on any atom is 0.256 e. The molecule has 1 atom stereocenters. The van der Waals surface area contributed by atoms with Gasteiger partial charge < -0.3 is 10.2 Å². The monoisotopic (exact) mass is 510 g/mol. The molecule has 0 unspecified atom stereocenters. The first-order chi connectivity index (χ1) is 18.0. The van der Waals surface area contributed by atoms with Crippen molar-refractivity contribution in [2.45, 2.75) is 25.4 Å². The molecule has 3 heterocycles. The van der Waals surface area contributed by atoms with Crippen molar-refractivity contribution >= 4 is 35.0 Å². The molecule has 0 aliphatic carbocycles. The highest BCUT2D eigenvalue weighted by molar-refractivity contribution is 6.30. The Labute approximate surface area is 219 Å². The highest BCUT2D eigenvalue weighted by atomic mass is 35.5. The van der Waals surface area contributed by atoms with Crippen LogP contribution in [0.25, 0.3) is 0 Å². The molecular weight excluding hydrogens is 488 g/mol. The Morgan fingerprint density at radius 2 is 1.70 bits per heavy atom. The zero-order chi connectivity index (χ0) is 25.8. The Hall–Kier alpha value is -4.36. The number of carbonyl (C=O) groups is 3. The number of Topliss-reactive ketones (excluding diaryl/α,β-unsaturated/α-hetero) is 1. The lowest BCUT2D eigenvalue weighted by Crippen LogP contribution is -2.44. The Kier molecular flexibility index (Phi) is 7.05. The average Bonchev–Trinajstić information content (AvgIpc) is 3.00. The SMILES string of the molecule is O=C(Nc1ccccn1)c1ccc(CN2C(=O)c3ccc(Cl)cc3CC(=O)[C@H]2Cc2ccccn2)cc1. The first kappa shape index (κ1) is 24.3. The number of halogens is 1. The number of hydrogen-bond donors (Lipinski definition) is 1. The molecule has 2 amide bonds. The van der Waals surface area contributed by atoms with E-state index in [4.69, 9.17) is 11.6 Å². The van der Waals surface area contributed by atoms with E-state index in [2.05, 4.69) is 15.3 Å². The molecule has 5 rings (SSSR count). The molecule has 0 bridgehead atoms. The van der Waals surface area contributed by atoms with Crippen molar-refractivity contribution in [1.82, 2.24) is 14.9 Å². The summed E-state index contributed by atoms with van der Waals surface area (Å²) >= 11 is 6.17. The van der Waals surface area contributed by atoms with Gasteiger partial charge in [-0.05, 0) is 65.7 Å². The molecule has 0 saturated heterocycles. The topological polar surface area (TPSA) is 92.3 Å². The number of fused-ring (bicyclic) bond motifs is 1. The number of nitrogens with zero attached hydrogens (tertiary/aromatic N) is 3. The van der Waals surface area contributed by atoms with Crippen LogP contribution in [0.4, 0.5) is 5.82 Å². The van der Waals surface area contributed by atoms with E-state index < -0.39 is 6.04 Å². The molecule has 1 N–H and O–H groups in total. The van der Waals surface area contributed by atoms with Gasteiger partial charge in [-0.1, -0.05) is 35.9 Å². The summed E-state index contributed by atoms with van der Waals surface area (Å²) in [7, 11) is 0. The second kappa shape index (κ2) is 10.7. The minimum atomic E-state index is -0.694. The summed E-state index contributed by atoms with van der Waals surface area (Å²) < 4.78 is 0. The second-order valence-electron chi connectivity index (χ2n) is 8.78. The van der Waals surface area contributed by atoms with Gasteiger partial charge in [-0.2, -0.15) is 0 Å². The third kappa shape index (κ3) is 5.57. The predicted octanol–water partition coefficient (Wildman–Crippen LogP) is 4.76. The quantitative estimate of drug-likeness (QED) is 0.403. The number of anilines is 1. The molecule has 37 heavy (non-hydrogen) atoms. The van der Waals surface area contributed by atoms with Crippen molar-refractivity contribution in [1.29, 1.82) is 0 Å². The zero-order valence-electron chi connectivity index (χ0n) is 19.8. The molecule has 8 heteroatoms. The van der Waals surface area contributed by atoms with E-state index >= 15 is 0 Å². The standard InChI is InChI=1S/C29H23ClN4O3/c30-22-11-12-24-21(15-22)16-26(35)25(17-23-5-1-3-13-31-23)34(29(24)37)18-19-7-9-20(10-8-19)28(36)33-27-6-2-4-14-32-27/h1-15,25H,16-18H2,(H,32,33,36)/t25-/m1/s1. The highest BCUT2D eigenvalue weighted by Gasteiger charge is 2.35. The Bertz CT molecular complexity index is 1440. The van der Waals surface area contributed by atoms with Crippen LogP contribution in [-0.2, 0) is 24.2 Å². The number of hydrogen-bond acceptors (Lipinski definition) is 5. The summed E-state index contributed by atoms with van der Waals surface area (Å²) in [6.07, 6.45) is 3.69. The Morgan fingerprint density at radius 1 is 0.946 bits per heavy atom. The molecule has 0 spiro atoms. The second-order valence-corrected chi connectivity index (χ2v) is 9.22. The van der Waals surface area contributed by atoms with Crippen molar-refractivity contribution in [3.05, 3.63) is 124 Å². The number of aromatic nitrogens is 2. The van der Waals surface area contributed by atoms with Gasteiger partial charge in [0.1, 0.15) is 5.82 Å². The van der Waals surface area contributed by atoms with Crippen LogP contribution < -0.4 is 5.32 Å². The molecule has 4 aromatic rings. The largest absolute Gasteiger partial charge is 0.324 e. The van der Waals surface area contributed by atoms with Gasteiger partial charge >= 0.3 is 0 Å². The van der Waals surface area contributed by atoms with Crippen LogP contribution in [0.5, 0.6) is 0 Å². The van der Waals surface area contributed by atoms with Crippen molar-refractivity contribution < 1.29 is 14.4 Å². The van der Waals surface area contributed by atoms with E-state index in [0.717, 1.165) is 11.3 Å². The normalized spacial score (nSPS) is 15.2. The van der Waals surface area contributed by atoms with Crippen molar-refractivity contribution in [3.63, 3.8) is 0 Å². The molecule has 0 fully saturated rings. The molecule has 7 nitrogen and oxygen atoms in total. The average molecular weight is 511 g/mol. The summed E-state index contributed by atoms with van der Waals surface area (Å²) in [5.74, 6) is -0.145. The minimum Gasteiger partial charge on any atom is -0.324 e. The third-order valence-electron chi connectivity index (χ3n) is 6.28. The Balaban J connectivity index is 1.42. The third-order valence-corrected chi connectivity index (χ3v) is 6.51. The summed E-state index contributed by atoms with van der Waals surface area (Å²) in [4.78, 5) is 49.8. The van der Waals surface area contributed by atoms with Crippen molar-refractivity contribution in [3.8, 4) is 0 Å². The van der Waals surface area contributed by atoms with Crippen LogP contribution in [0.1, 0.15) is 37.5 Å². The molecular formula is C29H23ClN4O3. The first-order valence-electron chi connectivity index (χ1n) is 11.8. The van der Waals surface area contributed by atoms with E-state index in [-0.39, 0.29) is 30.6 Å². The number of rotatable bonds is 6. The van der Waals surface area contributed by atoms with Gasteiger partial charge in [-0.3, -0.25) is 19.4 Å². The van der Waals surface area contributed by atoms with E-state index in [1.807, 2.05) is 18.2 Å². The van der Waals surface area contributed by atoms with Gasteiger partial charge in [0.15, 0.2) is 5.78 Å². The summed E-state index contributed by atoms with van der Waals surface area (Å²) in [6.45, 7) is 0.201. The van der Waals surface area contributed by atoms with Gasteiger partial charge in [-0.15, -0.1) is 0 Å². The fraction of sp³-hybridized carbons (Fsp3) is 0.138. The van der Waals surface area contributed by atoms with Crippen LogP contribution >= 0.6 is 11.6 Å². The lowest BCUT2D eigenvalue weighted by Gasteiger charge is -2.29. The van der Waals surface area contributed by atoms with Gasteiger partial charge in [0, 0.05) is 53.6 Å². The molecule has 0 saturated carbocycles. The fourth-order valence-corrected chi connectivity index (χ4v) is 4.59. The van der Waals surface area contributed by atoms with Crippen molar-refractivity contribution in [2.75, 3.05) is 5.32 Å². The van der Waals surface area contributed by atoms with E-state index in [0.29, 0.717) is 34.0 Å². The molecule has 2 aromatic carbocycles. The van der Waals surface area contributed by atoms with E-state index in [9.17, 15) is 14.4 Å². The number of nitrogens with one attached hydrogen (secondary N) is 1. The van der Waals surface area contributed by atoms with Crippen LogP contribution in [0.15, 0.2) is 91.3 Å². The van der Waals surface area contributed by atoms with Crippen LogP contribution in [0.2, 0.25) is 5.02 Å². The van der Waals surface area contributed by atoms with E-state index in [1.54, 1.807) is 78.0 Å². The molecule has 1 aliphatic rings. The number of pyridine rings is 2. The zero-order valence-corrected chi connectivity index (χ0v) is 20.6. The minimum absolute atomic E-state index is 0.0774. The lowest BCUT2D eigenvalue weighted by molar-refractivity contribution is -0.122. The summed E-state index contributed by atoms with van der Waals surface area (Å²) in [5, 5.41) is 3.23. The molecule has 2 aromatic heterocycles. The van der Waals surface area contributed by atoms with Crippen LogP contribution in [-0.4, -0.2) is 38.5 Å². The highest BCUT2D eigenvalue weighted by Crippen LogP contribution is 2.27. The predicted molar refractivity (Wildman–Crippen MR) is 140 cm³/mol. The Morgan fingerprint density at radius 3 is 2.41 bits per heavy atom. The summed E-state index contributed by atoms with van der Waals surface area (Å²) in [5.41, 5.74) is 3.06.